The molecule has 230 valence electrons. The first-order valence-electron chi connectivity index (χ1n) is 16.3. The lowest BCUT2D eigenvalue weighted by atomic mass is 9.95. The third-order valence-corrected chi connectivity index (χ3v) is 9.63. The lowest BCUT2D eigenvalue weighted by Gasteiger charge is -2.16. The van der Waals surface area contributed by atoms with Crippen LogP contribution >= 0.6 is 0 Å². The quantitative estimate of drug-likeness (QED) is 0.193. The van der Waals surface area contributed by atoms with Crippen LogP contribution in [0.15, 0.2) is 152 Å². The van der Waals surface area contributed by atoms with E-state index < -0.39 is 0 Å². The number of hydrogen-bond donors (Lipinski definition) is 0. The predicted molar refractivity (Wildman–Crippen MR) is 200 cm³/mol. The summed E-state index contributed by atoms with van der Waals surface area (Å²) in [6.07, 6.45) is 0. The van der Waals surface area contributed by atoms with Crippen molar-refractivity contribution in [3.8, 4) is 51.8 Å². The molecule has 7 aromatic carbocycles. The van der Waals surface area contributed by atoms with Crippen molar-refractivity contribution >= 4 is 43.6 Å². The first kappa shape index (κ1) is 28.8. The molecule has 9 rings (SSSR count). The summed E-state index contributed by atoms with van der Waals surface area (Å²) >= 11 is 0. The van der Waals surface area contributed by atoms with Crippen LogP contribution < -0.4 is 0 Å². The largest absolute Gasteiger partial charge is 0.309 e. The smallest absolute Gasteiger partial charge is 0.0998 e. The first-order valence-corrected chi connectivity index (χ1v) is 16.3. The number of nitriles is 3. The van der Waals surface area contributed by atoms with Crippen LogP contribution in [0, 0.1) is 34.0 Å². The van der Waals surface area contributed by atoms with Gasteiger partial charge in [0.15, 0.2) is 0 Å². The third kappa shape index (κ3) is 4.31. The average molecular weight is 636 g/mol. The molecule has 9 aromatic rings. The molecule has 5 nitrogen and oxygen atoms in total. The van der Waals surface area contributed by atoms with Crippen molar-refractivity contribution in [1.82, 2.24) is 9.13 Å². The number of benzene rings is 7. The number of para-hydroxylation sites is 2. The summed E-state index contributed by atoms with van der Waals surface area (Å²) in [6, 6.07) is 57.8. The van der Waals surface area contributed by atoms with Crippen molar-refractivity contribution in [2.75, 3.05) is 0 Å². The second-order valence-electron chi connectivity index (χ2n) is 12.3. The monoisotopic (exact) mass is 635 g/mol. The van der Waals surface area contributed by atoms with E-state index in [1.165, 1.54) is 0 Å². The summed E-state index contributed by atoms with van der Waals surface area (Å²) in [6.45, 7) is 0. The lowest BCUT2D eigenvalue weighted by Crippen LogP contribution is -1.99. The van der Waals surface area contributed by atoms with Gasteiger partial charge in [-0.2, -0.15) is 15.8 Å². The molecule has 0 aliphatic rings. The molecule has 0 aliphatic carbocycles. The highest BCUT2D eigenvalue weighted by atomic mass is 15.0. The molecule has 5 heteroatoms. The second-order valence-corrected chi connectivity index (χ2v) is 12.3. The van der Waals surface area contributed by atoms with Crippen LogP contribution in [0.2, 0.25) is 0 Å². The van der Waals surface area contributed by atoms with E-state index in [1.807, 2.05) is 66.7 Å². The van der Waals surface area contributed by atoms with Gasteiger partial charge in [-0.05, 0) is 83.4 Å². The van der Waals surface area contributed by atoms with E-state index >= 15 is 0 Å². The molecular formula is C45H25N5. The Balaban J connectivity index is 1.18. The van der Waals surface area contributed by atoms with Crippen molar-refractivity contribution in [3.05, 3.63) is 168 Å². The Kier molecular flexibility index (Phi) is 6.56. The molecular weight excluding hydrogens is 611 g/mol. The molecule has 0 amide bonds. The maximum atomic E-state index is 10.3. The summed E-state index contributed by atoms with van der Waals surface area (Å²) in [4.78, 5) is 0. The zero-order valence-electron chi connectivity index (χ0n) is 26.7. The second kappa shape index (κ2) is 11.4. The van der Waals surface area contributed by atoms with Crippen LogP contribution in [0.25, 0.3) is 77.2 Å². The topological polar surface area (TPSA) is 81.2 Å². The molecule has 0 atom stereocenters. The summed E-state index contributed by atoms with van der Waals surface area (Å²) in [5.74, 6) is 0. The predicted octanol–water partition coefficient (Wildman–Crippen LogP) is 10.8. The molecule has 2 heterocycles. The number of nitrogens with zero attached hydrogens (tertiary/aromatic N) is 5. The summed E-state index contributed by atoms with van der Waals surface area (Å²) in [5.41, 5.74) is 11.7. The Morgan fingerprint density at radius 2 is 1.04 bits per heavy atom. The van der Waals surface area contributed by atoms with Gasteiger partial charge in [0.1, 0.15) is 0 Å². The molecule has 0 saturated heterocycles. The van der Waals surface area contributed by atoms with Crippen LogP contribution in [-0.2, 0) is 0 Å². The van der Waals surface area contributed by atoms with Crippen LogP contribution in [0.5, 0.6) is 0 Å². The van der Waals surface area contributed by atoms with Gasteiger partial charge in [0, 0.05) is 32.8 Å². The van der Waals surface area contributed by atoms with Gasteiger partial charge in [0.05, 0.1) is 62.7 Å². The van der Waals surface area contributed by atoms with Crippen molar-refractivity contribution in [1.29, 1.82) is 15.8 Å². The molecule has 2 aromatic heterocycles. The maximum absolute atomic E-state index is 10.3. The standard InChI is InChI=1S/C45H25N5/c46-26-29-18-23-41-38(24-29)36-12-1-3-14-39(36)50(41)42-16-6-9-33(27-47)44(42)31-21-19-30(20-22-31)32-8-5-11-35(25-32)49-40-15-4-2-13-37(40)45-34(28-48)10-7-17-43(45)49/h1-25H. The third-order valence-electron chi connectivity index (χ3n) is 9.63. The molecule has 0 saturated carbocycles. The highest BCUT2D eigenvalue weighted by Crippen LogP contribution is 2.39. The first-order chi connectivity index (χ1) is 24.7. The lowest BCUT2D eigenvalue weighted by molar-refractivity contribution is 1.18. The van der Waals surface area contributed by atoms with Crippen molar-refractivity contribution in [3.63, 3.8) is 0 Å². The normalized spacial score (nSPS) is 11.1. The van der Waals surface area contributed by atoms with Crippen LogP contribution in [0.4, 0.5) is 0 Å². The Bertz CT molecular complexity index is 2960. The van der Waals surface area contributed by atoms with Gasteiger partial charge in [-0.15, -0.1) is 0 Å². The average Bonchev–Trinajstić information content (AvgIpc) is 3.70. The van der Waals surface area contributed by atoms with E-state index in [1.54, 1.807) is 0 Å². The van der Waals surface area contributed by atoms with Crippen molar-refractivity contribution in [2.24, 2.45) is 0 Å². The zero-order valence-corrected chi connectivity index (χ0v) is 26.7. The van der Waals surface area contributed by atoms with Gasteiger partial charge in [-0.25, -0.2) is 0 Å². The Hall–Kier alpha value is -7.39. The van der Waals surface area contributed by atoms with Gasteiger partial charge in [0.25, 0.3) is 0 Å². The maximum Gasteiger partial charge on any atom is 0.0998 e. The highest BCUT2D eigenvalue weighted by Gasteiger charge is 2.19. The zero-order chi connectivity index (χ0) is 33.8. The van der Waals surface area contributed by atoms with Crippen LogP contribution in [0.1, 0.15) is 16.7 Å². The number of hydrogen-bond acceptors (Lipinski definition) is 3. The molecule has 50 heavy (non-hydrogen) atoms. The molecule has 0 bridgehead atoms. The van der Waals surface area contributed by atoms with E-state index in [0.717, 1.165) is 77.2 Å². The fourth-order valence-electron chi connectivity index (χ4n) is 7.47. The summed E-state index contributed by atoms with van der Waals surface area (Å²) in [5, 5.41) is 33.9. The van der Waals surface area contributed by atoms with E-state index in [-0.39, 0.29) is 0 Å². The molecule has 0 aliphatic heterocycles. The highest BCUT2D eigenvalue weighted by molar-refractivity contribution is 6.12. The van der Waals surface area contributed by atoms with E-state index in [0.29, 0.717) is 16.7 Å². The molecule has 0 radical (unpaired) electrons. The van der Waals surface area contributed by atoms with E-state index in [2.05, 4.69) is 112 Å². The number of rotatable bonds is 4. The Morgan fingerprint density at radius 3 is 1.82 bits per heavy atom. The van der Waals surface area contributed by atoms with Crippen LogP contribution in [0.3, 0.4) is 0 Å². The Labute approximate surface area is 287 Å². The fourth-order valence-corrected chi connectivity index (χ4v) is 7.47. The van der Waals surface area contributed by atoms with E-state index in [4.69, 9.17) is 0 Å². The fraction of sp³-hybridized carbons (Fsp3) is 0. The minimum absolute atomic E-state index is 0.583. The molecule has 0 spiro atoms. The number of aromatic nitrogens is 2. The van der Waals surface area contributed by atoms with Gasteiger partial charge in [-0.1, -0.05) is 84.9 Å². The van der Waals surface area contributed by atoms with Gasteiger partial charge in [-0.3, -0.25) is 0 Å². The minimum atomic E-state index is 0.583. The molecule has 0 fully saturated rings. The number of fused-ring (bicyclic) bond motifs is 6. The molecule has 0 N–H and O–H groups in total. The Morgan fingerprint density at radius 1 is 0.400 bits per heavy atom. The SMILES string of the molecule is N#Cc1ccc2c(c1)c1ccccc1n2-c1cccc(C#N)c1-c1ccc(-c2cccc(-n3c4ccccc4c4c(C#N)cccc43)c2)cc1. The van der Waals surface area contributed by atoms with Crippen molar-refractivity contribution < 1.29 is 0 Å². The van der Waals surface area contributed by atoms with Crippen molar-refractivity contribution in [2.45, 2.75) is 0 Å². The van der Waals surface area contributed by atoms with Gasteiger partial charge >= 0.3 is 0 Å². The minimum Gasteiger partial charge on any atom is -0.309 e. The van der Waals surface area contributed by atoms with Gasteiger partial charge < -0.3 is 9.13 Å². The summed E-state index contributed by atoms with van der Waals surface area (Å²) < 4.78 is 4.42. The molecule has 0 unspecified atom stereocenters. The van der Waals surface area contributed by atoms with Gasteiger partial charge in [0.2, 0.25) is 0 Å². The van der Waals surface area contributed by atoms with Crippen LogP contribution in [-0.4, -0.2) is 9.13 Å². The van der Waals surface area contributed by atoms with E-state index in [9.17, 15) is 15.8 Å². The summed E-state index contributed by atoms with van der Waals surface area (Å²) in [7, 11) is 0.